The number of methoxy groups -OCH3 is 1. The topological polar surface area (TPSA) is 29.5 Å². The van der Waals surface area contributed by atoms with Crippen LogP contribution in [-0.4, -0.2) is 12.2 Å². The Labute approximate surface area is 111 Å². The van der Waals surface area contributed by atoms with Crippen molar-refractivity contribution in [1.82, 2.24) is 0 Å². The molecule has 1 heterocycles. The SMILES string of the molecule is COc1cc(F)c(Br)cc1C(O)c1cccs1. The van der Waals surface area contributed by atoms with Gasteiger partial charge < -0.3 is 9.84 Å². The first-order valence-electron chi connectivity index (χ1n) is 4.88. The molecular formula is C12H10BrFO2S. The minimum Gasteiger partial charge on any atom is -0.496 e. The molecule has 0 fully saturated rings. The van der Waals surface area contributed by atoms with E-state index in [0.29, 0.717) is 15.8 Å². The van der Waals surface area contributed by atoms with E-state index in [2.05, 4.69) is 15.9 Å². The summed E-state index contributed by atoms with van der Waals surface area (Å²) < 4.78 is 18.7. The number of benzene rings is 1. The van der Waals surface area contributed by atoms with Crippen molar-refractivity contribution in [2.24, 2.45) is 0 Å². The van der Waals surface area contributed by atoms with Crippen LogP contribution in [0, 0.1) is 5.82 Å². The predicted molar refractivity (Wildman–Crippen MR) is 69.0 cm³/mol. The van der Waals surface area contributed by atoms with Gasteiger partial charge in [-0.15, -0.1) is 11.3 Å². The Kier molecular flexibility index (Phi) is 3.81. The van der Waals surface area contributed by atoms with Gasteiger partial charge in [-0.1, -0.05) is 6.07 Å². The Bertz CT molecular complexity index is 513. The molecule has 90 valence electrons. The normalized spacial score (nSPS) is 12.5. The minimum atomic E-state index is -0.804. The van der Waals surface area contributed by atoms with E-state index in [4.69, 9.17) is 4.74 Å². The summed E-state index contributed by atoms with van der Waals surface area (Å²) in [4.78, 5) is 0.793. The molecule has 1 atom stereocenters. The van der Waals surface area contributed by atoms with Gasteiger partial charge in [-0.25, -0.2) is 4.39 Å². The number of hydrogen-bond acceptors (Lipinski definition) is 3. The standard InChI is InChI=1S/C12H10BrFO2S/c1-16-10-6-9(14)8(13)5-7(10)12(15)11-3-2-4-17-11/h2-6,12,15H,1H3. The summed E-state index contributed by atoms with van der Waals surface area (Å²) in [5.74, 6) is -0.0735. The fraction of sp³-hybridized carbons (Fsp3) is 0.167. The van der Waals surface area contributed by atoms with Crippen molar-refractivity contribution in [1.29, 1.82) is 0 Å². The molecule has 1 aromatic heterocycles. The van der Waals surface area contributed by atoms with Gasteiger partial charge in [0.15, 0.2) is 0 Å². The molecule has 0 aliphatic rings. The van der Waals surface area contributed by atoms with Crippen LogP contribution in [0.4, 0.5) is 4.39 Å². The minimum absolute atomic E-state index is 0.309. The van der Waals surface area contributed by atoms with Crippen molar-refractivity contribution < 1.29 is 14.2 Å². The largest absolute Gasteiger partial charge is 0.496 e. The van der Waals surface area contributed by atoms with Crippen LogP contribution in [0.5, 0.6) is 5.75 Å². The first-order valence-corrected chi connectivity index (χ1v) is 6.55. The summed E-state index contributed by atoms with van der Waals surface area (Å²) >= 11 is 4.54. The Balaban J connectivity index is 2.47. The molecule has 2 nitrogen and oxygen atoms in total. The number of aliphatic hydroxyl groups excluding tert-OH is 1. The highest BCUT2D eigenvalue weighted by molar-refractivity contribution is 9.10. The summed E-state index contributed by atoms with van der Waals surface area (Å²) in [5, 5.41) is 12.1. The van der Waals surface area contributed by atoms with E-state index in [1.807, 2.05) is 17.5 Å². The third-order valence-corrected chi connectivity index (χ3v) is 3.91. The van der Waals surface area contributed by atoms with Gasteiger partial charge >= 0.3 is 0 Å². The van der Waals surface area contributed by atoms with E-state index >= 15 is 0 Å². The van der Waals surface area contributed by atoms with Gasteiger partial charge in [0.05, 0.1) is 11.6 Å². The lowest BCUT2D eigenvalue weighted by Gasteiger charge is -2.14. The van der Waals surface area contributed by atoms with Crippen LogP contribution in [0.1, 0.15) is 16.5 Å². The first-order chi connectivity index (χ1) is 8.13. The molecule has 2 rings (SSSR count). The maximum atomic E-state index is 13.3. The Morgan fingerprint density at radius 2 is 2.24 bits per heavy atom. The van der Waals surface area contributed by atoms with Crippen molar-refractivity contribution in [3.05, 3.63) is 50.4 Å². The van der Waals surface area contributed by atoms with Crippen LogP contribution < -0.4 is 4.74 Å². The maximum absolute atomic E-state index is 13.3. The lowest BCUT2D eigenvalue weighted by atomic mass is 10.1. The summed E-state index contributed by atoms with van der Waals surface area (Å²) in [6.07, 6.45) is -0.804. The highest BCUT2D eigenvalue weighted by Crippen LogP contribution is 2.35. The lowest BCUT2D eigenvalue weighted by molar-refractivity contribution is 0.218. The van der Waals surface area contributed by atoms with E-state index in [1.54, 1.807) is 6.07 Å². The number of aliphatic hydroxyl groups is 1. The molecule has 0 bridgehead atoms. The molecule has 0 amide bonds. The van der Waals surface area contributed by atoms with Gasteiger partial charge in [0.1, 0.15) is 17.7 Å². The zero-order valence-electron chi connectivity index (χ0n) is 8.98. The highest BCUT2D eigenvalue weighted by atomic mass is 79.9. The average molecular weight is 317 g/mol. The summed E-state index contributed by atoms with van der Waals surface area (Å²) in [6, 6.07) is 6.48. The molecule has 1 aromatic carbocycles. The van der Waals surface area contributed by atoms with Crippen LogP contribution in [0.3, 0.4) is 0 Å². The molecule has 0 saturated heterocycles. The number of hydrogen-bond donors (Lipinski definition) is 1. The second kappa shape index (κ2) is 5.16. The summed E-state index contributed by atoms with van der Waals surface area (Å²) in [7, 11) is 1.45. The van der Waals surface area contributed by atoms with Gasteiger partial charge in [-0.05, 0) is 33.4 Å². The van der Waals surface area contributed by atoms with Gasteiger partial charge in [-0.3, -0.25) is 0 Å². The Morgan fingerprint density at radius 3 is 2.82 bits per heavy atom. The van der Waals surface area contributed by atoms with Crippen LogP contribution in [0.25, 0.3) is 0 Å². The zero-order valence-corrected chi connectivity index (χ0v) is 11.4. The average Bonchev–Trinajstić information content (AvgIpc) is 2.84. The van der Waals surface area contributed by atoms with Crippen LogP contribution in [0.2, 0.25) is 0 Å². The van der Waals surface area contributed by atoms with Gasteiger partial charge in [-0.2, -0.15) is 0 Å². The maximum Gasteiger partial charge on any atom is 0.141 e. The second-order valence-corrected chi connectivity index (χ2v) is 5.26. The fourth-order valence-corrected chi connectivity index (χ4v) is 2.62. The predicted octanol–water partition coefficient (Wildman–Crippen LogP) is 3.74. The van der Waals surface area contributed by atoms with Crippen LogP contribution in [0.15, 0.2) is 34.1 Å². The quantitative estimate of drug-likeness (QED) is 0.934. The molecule has 17 heavy (non-hydrogen) atoms. The van der Waals surface area contributed by atoms with Gasteiger partial charge in [0.2, 0.25) is 0 Å². The van der Waals surface area contributed by atoms with E-state index in [-0.39, 0.29) is 0 Å². The molecule has 1 unspecified atom stereocenters. The van der Waals surface area contributed by atoms with E-state index in [1.165, 1.54) is 24.5 Å². The van der Waals surface area contributed by atoms with Crippen molar-refractivity contribution >= 4 is 27.3 Å². The van der Waals surface area contributed by atoms with Gasteiger partial charge in [0, 0.05) is 16.5 Å². The Hall–Kier alpha value is -0.910. The summed E-state index contributed by atoms with van der Waals surface area (Å²) in [5.41, 5.74) is 0.545. The molecule has 5 heteroatoms. The Morgan fingerprint density at radius 1 is 1.47 bits per heavy atom. The van der Waals surface area contributed by atoms with Crippen LogP contribution >= 0.6 is 27.3 Å². The molecule has 0 saturated carbocycles. The molecule has 1 N–H and O–H groups in total. The number of halogens is 2. The number of thiophene rings is 1. The monoisotopic (exact) mass is 316 g/mol. The van der Waals surface area contributed by atoms with Gasteiger partial charge in [0.25, 0.3) is 0 Å². The summed E-state index contributed by atoms with van der Waals surface area (Å²) in [6.45, 7) is 0. The second-order valence-electron chi connectivity index (χ2n) is 3.43. The molecule has 0 spiro atoms. The molecule has 2 aromatic rings. The third-order valence-electron chi connectivity index (χ3n) is 2.38. The van der Waals surface area contributed by atoms with Crippen LogP contribution in [-0.2, 0) is 0 Å². The fourth-order valence-electron chi connectivity index (χ4n) is 1.53. The third kappa shape index (κ3) is 2.51. The highest BCUT2D eigenvalue weighted by Gasteiger charge is 2.18. The smallest absolute Gasteiger partial charge is 0.141 e. The first kappa shape index (κ1) is 12.5. The zero-order chi connectivity index (χ0) is 12.4. The lowest BCUT2D eigenvalue weighted by Crippen LogP contribution is -2.01. The number of rotatable bonds is 3. The van der Waals surface area contributed by atoms with Crippen molar-refractivity contribution in [2.75, 3.05) is 7.11 Å². The number of ether oxygens (including phenoxy) is 1. The molecular weight excluding hydrogens is 307 g/mol. The van der Waals surface area contributed by atoms with E-state index in [0.717, 1.165) is 4.88 Å². The molecule has 0 aliphatic heterocycles. The van der Waals surface area contributed by atoms with E-state index < -0.39 is 11.9 Å². The molecule has 0 radical (unpaired) electrons. The van der Waals surface area contributed by atoms with Crippen molar-refractivity contribution in [3.63, 3.8) is 0 Å². The molecule has 0 aliphatic carbocycles. The van der Waals surface area contributed by atoms with E-state index in [9.17, 15) is 9.50 Å². The van der Waals surface area contributed by atoms with Crippen molar-refractivity contribution in [3.8, 4) is 5.75 Å². The van der Waals surface area contributed by atoms with Crippen molar-refractivity contribution in [2.45, 2.75) is 6.10 Å².